The standard InChI is InChI=1S/C21H24N2O4S/c24-19-7-5-6-18(16-19)22-21(25)13-10-17-8-11-20(12-9-17)28(26,27)23-14-3-1-2-4-15-23/h5-13,16,24H,1-4,14-15H2,(H,22,25)/b13-10+. The maximum absolute atomic E-state index is 12.8. The molecule has 148 valence electrons. The van der Waals surface area contributed by atoms with Crippen molar-refractivity contribution in [3.8, 4) is 5.75 Å². The highest BCUT2D eigenvalue weighted by Gasteiger charge is 2.24. The van der Waals surface area contributed by atoms with Gasteiger partial charge in [-0.15, -0.1) is 0 Å². The number of aromatic hydroxyl groups is 1. The Balaban J connectivity index is 1.65. The maximum atomic E-state index is 12.8. The molecule has 2 aromatic rings. The molecule has 7 heteroatoms. The number of phenols is 1. The summed E-state index contributed by atoms with van der Waals surface area (Å²) < 4.78 is 27.1. The van der Waals surface area contributed by atoms with Crippen molar-refractivity contribution < 1.29 is 18.3 Å². The number of sulfonamides is 1. The van der Waals surface area contributed by atoms with Gasteiger partial charge in [0.25, 0.3) is 0 Å². The van der Waals surface area contributed by atoms with Gasteiger partial charge in [0.1, 0.15) is 5.75 Å². The van der Waals surface area contributed by atoms with E-state index in [1.54, 1.807) is 46.8 Å². The number of hydrogen-bond acceptors (Lipinski definition) is 4. The normalized spacial score (nSPS) is 16.0. The Hall–Kier alpha value is -2.64. The van der Waals surface area contributed by atoms with Crippen molar-refractivity contribution in [2.75, 3.05) is 18.4 Å². The molecule has 6 nitrogen and oxygen atoms in total. The molecular formula is C21H24N2O4S. The molecule has 0 aliphatic carbocycles. The van der Waals surface area contributed by atoms with Gasteiger partial charge in [-0.05, 0) is 48.7 Å². The summed E-state index contributed by atoms with van der Waals surface area (Å²) in [6.07, 6.45) is 6.91. The third-order valence-electron chi connectivity index (χ3n) is 4.62. The highest BCUT2D eigenvalue weighted by Crippen LogP contribution is 2.21. The Labute approximate surface area is 165 Å². The molecule has 3 rings (SSSR count). The summed E-state index contributed by atoms with van der Waals surface area (Å²) in [6.45, 7) is 1.14. The van der Waals surface area contributed by atoms with Crippen LogP contribution < -0.4 is 5.32 Å². The first-order valence-electron chi connectivity index (χ1n) is 9.33. The van der Waals surface area contributed by atoms with Gasteiger partial charge >= 0.3 is 0 Å². The zero-order chi connectivity index (χ0) is 20.0. The van der Waals surface area contributed by atoms with E-state index in [9.17, 15) is 18.3 Å². The van der Waals surface area contributed by atoms with Crippen molar-refractivity contribution in [1.82, 2.24) is 4.31 Å². The molecule has 0 bridgehead atoms. The average Bonchev–Trinajstić information content (AvgIpc) is 2.97. The fourth-order valence-corrected chi connectivity index (χ4v) is 4.64. The molecule has 0 spiro atoms. The number of rotatable bonds is 5. The van der Waals surface area contributed by atoms with Crippen molar-refractivity contribution in [1.29, 1.82) is 0 Å². The van der Waals surface area contributed by atoms with Gasteiger partial charge in [-0.2, -0.15) is 4.31 Å². The van der Waals surface area contributed by atoms with E-state index in [-0.39, 0.29) is 16.6 Å². The summed E-state index contributed by atoms with van der Waals surface area (Å²) in [7, 11) is -3.47. The van der Waals surface area contributed by atoms with Gasteiger partial charge < -0.3 is 10.4 Å². The van der Waals surface area contributed by atoms with Crippen LogP contribution in [-0.4, -0.2) is 36.8 Å². The lowest BCUT2D eigenvalue weighted by Gasteiger charge is -2.19. The first kappa shape index (κ1) is 20.1. The van der Waals surface area contributed by atoms with Crippen LogP contribution in [0.5, 0.6) is 5.75 Å². The van der Waals surface area contributed by atoms with Gasteiger partial charge in [0.05, 0.1) is 4.90 Å². The third-order valence-corrected chi connectivity index (χ3v) is 6.54. The lowest BCUT2D eigenvalue weighted by molar-refractivity contribution is -0.111. The molecule has 1 saturated heterocycles. The van der Waals surface area contributed by atoms with Crippen molar-refractivity contribution in [3.63, 3.8) is 0 Å². The van der Waals surface area contributed by atoms with Crippen LogP contribution in [0, 0.1) is 0 Å². The summed E-state index contributed by atoms with van der Waals surface area (Å²) in [5.41, 5.74) is 1.22. The number of nitrogens with one attached hydrogen (secondary N) is 1. The quantitative estimate of drug-likeness (QED) is 0.751. The van der Waals surface area contributed by atoms with E-state index in [0.29, 0.717) is 18.8 Å². The predicted octanol–water partition coefficient (Wildman–Crippen LogP) is 3.61. The molecule has 2 N–H and O–H groups in total. The van der Waals surface area contributed by atoms with Crippen molar-refractivity contribution >= 4 is 27.7 Å². The fraction of sp³-hybridized carbons (Fsp3) is 0.286. The number of carbonyl (C=O) groups is 1. The largest absolute Gasteiger partial charge is 0.508 e. The van der Waals surface area contributed by atoms with Crippen LogP contribution in [0.25, 0.3) is 6.08 Å². The van der Waals surface area contributed by atoms with Crippen molar-refractivity contribution in [2.45, 2.75) is 30.6 Å². The molecule has 0 radical (unpaired) electrons. The summed E-state index contributed by atoms with van der Waals surface area (Å²) in [4.78, 5) is 12.3. The second-order valence-electron chi connectivity index (χ2n) is 6.76. The van der Waals surface area contributed by atoms with Crippen LogP contribution in [-0.2, 0) is 14.8 Å². The first-order valence-corrected chi connectivity index (χ1v) is 10.8. The molecule has 0 saturated carbocycles. The molecule has 1 fully saturated rings. The van der Waals surface area contributed by atoms with E-state index in [1.807, 2.05) is 0 Å². The minimum Gasteiger partial charge on any atom is -0.508 e. The topological polar surface area (TPSA) is 86.7 Å². The summed E-state index contributed by atoms with van der Waals surface area (Å²) in [5.74, 6) is -0.269. The summed E-state index contributed by atoms with van der Waals surface area (Å²) >= 11 is 0. The van der Waals surface area contributed by atoms with E-state index in [0.717, 1.165) is 31.2 Å². The second-order valence-corrected chi connectivity index (χ2v) is 8.70. The van der Waals surface area contributed by atoms with E-state index in [1.165, 1.54) is 18.2 Å². The second kappa shape index (κ2) is 9.03. The number of carbonyl (C=O) groups excluding carboxylic acids is 1. The minimum absolute atomic E-state index is 0.0722. The molecular weight excluding hydrogens is 376 g/mol. The van der Waals surface area contributed by atoms with Crippen LogP contribution in [0.2, 0.25) is 0 Å². The van der Waals surface area contributed by atoms with Crippen LogP contribution in [0.3, 0.4) is 0 Å². The van der Waals surface area contributed by atoms with Crippen LogP contribution in [0.4, 0.5) is 5.69 Å². The van der Waals surface area contributed by atoms with Crippen molar-refractivity contribution in [2.24, 2.45) is 0 Å². The molecule has 0 atom stereocenters. The molecule has 28 heavy (non-hydrogen) atoms. The Kier molecular flexibility index (Phi) is 6.49. The fourth-order valence-electron chi connectivity index (χ4n) is 3.12. The van der Waals surface area contributed by atoms with E-state index < -0.39 is 10.0 Å². The first-order chi connectivity index (χ1) is 13.4. The Morgan fingerprint density at radius 1 is 1.00 bits per heavy atom. The highest BCUT2D eigenvalue weighted by atomic mass is 32.2. The number of amides is 1. The molecule has 1 heterocycles. The number of nitrogens with zero attached hydrogens (tertiary/aromatic N) is 1. The predicted molar refractivity (Wildman–Crippen MR) is 109 cm³/mol. The number of anilines is 1. The lowest BCUT2D eigenvalue weighted by atomic mass is 10.2. The van der Waals surface area contributed by atoms with Crippen LogP contribution in [0.15, 0.2) is 59.5 Å². The SMILES string of the molecule is O=C(/C=C/c1ccc(S(=O)(=O)N2CCCCCC2)cc1)Nc1cccc(O)c1. The van der Waals surface area contributed by atoms with Crippen LogP contribution >= 0.6 is 0 Å². The Morgan fingerprint density at radius 2 is 1.68 bits per heavy atom. The minimum atomic E-state index is -3.47. The molecule has 1 aliphatic rings. The highest BCUT2D eigenvalue weighted by molar-refractivity contribution is 7.89. The Morgan fingerprint density at radius 3 is 2.32 bits per heavy atom. The summed E-state index contributed by atoms with van der Waals surface area (Å²) in [5, 5.41) is 12.1. The molecule has 1 amide bonds. The van der Waals surface area contributed by atoms with Gasteiger partial charge in [0.2, 0.25) is 15.9 Å². The average molecular weight is 400 g/mol. The van der Waals surface area contributed by atoms with E-state index in [2.05, 4.69) is 5.32 Å². The molecule has 0 aromatic heterocycles. The maximum Gasteiger partial charge on any atom is 0.248 e. The molecule has 2 aromatic carbocycles. The number of phenolic OH excluding ortho intramolecular Hbond substituents is 1. The zero-order valence-corrected chi connectivity index (χ0v) is 16.4. The smallest absolute Gasteiger partial charge is 0.248 e. The third kappa shape index (κ3) is 5.21. The zero-order valence-electron chi connectivity index (χ0n) is 15.5. The lowest BCUT2D eigenvalue weighted by Crippen LogP contribution is -2.31. The van der Waals surface area contributed by atoms with Gasteiger partial charge in [-0.25, -0.2) is 8.42 Å². The van der Waals surface area contributed by atoms with Crippen molar-refractivity contribution in [3.05, 3.63) is 60.2 Å². The van der Waals surface area contributed by atoms with Gasteiger partial charge in [-0.1, -0.05) is 31.0 Å². The van der Waals surface area contributed by atoms with E-state index in [4.69, 9.17) is 0 Å². The van der Waals surface area contributed by atoms with E-state index >= 15 is 0 Å². The number of benzene rings is 2. The molecule has 0 unspecified atom stereocenters. The van der Waals surface area contributed by atoms with Gasteiger partial charge in [0.15, 0.2) is 0 Å². The summed E-state index contributed by atoms with van der Waals surface area (Å²) in [6, 6.07) is 12.8. The van der Waals surface area contributed by atoms with Crippen LogP contribution in [0.1, 0.15) is 31.2 Å². The number of hydrogen-bond donors (Lipinski definition) is 2. The monoisotopic (exact) mass is 400 g/mol. The van der Waals surface area contributed by atoms with Gasteiger partial charge in [-0.3, -0.25) is 4.79 Å². The van der Waals surface area contributed by atoms with Gasteiger partial charge in [0, 0.05) is 30.9 Å². The molecule has 1 aliphatic heterocycles. The Bertz CT molecular complexity index is 945.